The van der Waals surface area contributed by atoms with Crippen LogP contribution in [-0.4, -0.2) is 0 Å². The van der Waals surface area contributed by atoms with Gasteiger partial charge in [0.25, 0.3) is 0 Å². The van der Waals surface area contributed by atoms with Gasteiger partial charge in [0.15, 0.2) is 0 Å². The molecule has 2 nitrogen and oxygen atoms in total. The fraction of sp³-hybridized carbons (Fsp3) is 0.194. The average molecular weight is 1830 g/mol. The number of fused-ring (bicyclic) bond motifs is 28. The highest BCUT2D eigenvalue weighted by Gasteiger charge is 2.46. The number of hydrogen-bond acceptors (Lipinski definition) is 2. The summed E-state index contributed by atoms with van der Waals surface area (Å²) in [6.45, 7) is 29.2. The van der Waals surface area contributed by atoms with Gasteiger partial charge in [-0.2, -0.15) is 0 Å². The van der Waals surface area contributed by atoms with E-state index in [9.17, 15) is 0 Å². The lowest BCUT2D eigenvalue weighted by molar-refractivity contribution is 0.490. The molecule has 1 fully saturated rings. The molecule has 20 aromatic carbocycles. The Labute approximate surface area is 836 Å². The molecular formula is C139H132O2. The van der Waals surface area contributed by atoms with E-state index in [1.165, 1.54) is 242 Å². The van der Waals surface area contributed by atoms with Crippen LogP contribution in [0, 0.1) is 48.5 Å². The highest BCUT2D eigenvalue weighted by molar-refractivity contribution is 6.20. The van der Waals surface area contributed by atoms with Crippen molar-refractivity contribution in [3.63, 3.8) is 0 Å². The Morgan fingerprint density at radius 1 is 0.234 bits per heavy atom. The second-order valence-electron chi connectivity index (χ2n) is 40.2. The molecule has 2 aromatic heterocycles. The van der Waals surface area contributed by atoms with Gasteiger partial charge >= 0.3 is 0 Å². The van der Waals surface area contributed by atoms with Crippen molar-refractivity contribution in [3.05, 3.63) is 524 Å². The minimum Gasteiger partial charge on any atom is -0.456 e. The molecule has 0 radical (unpaired) electrons. The molecule has 0 aliphatic heterocycles. The Bertz CT molecular complexity index is 8150. The number of para-hydroxylation sites is 1. The lowest BCUT2D eigenvalue weighted by Gasteiger charge is -2.36. The summed E-state index contributed by atoms with van der Waals surface area (Å²) in [5, 5.41) is 15.4. The van der Waals surface area contributed by atoms with Gasteiger partial charge < -0.3 is 8.83 Å². The van der Waals surface area contributed by atoms with Crippen molar-refractivity contribution in [2.45, 2.75) is 178 Å². The largest absolute Gasteiger partial charge is 0.456 e. The lowest BCUT2D eigenvalue weighted by atomic mass is 9.65. The van der Waals surface area contributed by atoms with Crippen LogP contribution >= 0.6 is 0 Å². The van der Waals surface area contributed by atoms with E-state index in [0.29, 0.717) is 5.41 Å². The molecule has 0 N–H and O–H groups in total. The number of rotatable bonds is 6. The van der Waals surface area contributed by atoms with Crippen LogP contribution in [0.3, 0.4) is 0 Å². The summed E-state index contributed by atoms with van der Waals surface area (Å²) >= 11 is 0. The predicted molar refractivity (Wildman–Crippen MR) is 608 cm³/mol. The maximum atomic E-state index is 5.94. The van der Waals surface area contributed by atoms with Crippen LogP contribution in [0.2, 0.25) is 0 Å². The first-order chi connectivity index (χ1) is 67.2. The molecule has 700 valence electrons. The molecule has 22 aromatic rings. The van der Waals surface area contributed by atoms with E-state index in [1.807, 2.05) is 12.1 Å². The van der Waals surface area contributed by atoms with Gasteiger partial charge in [-0.25, -0.2) is 0 Å². The van der Waals surface area contributed by atoms with Gasteiger partial charge in [-0.3, -0.25) is 0 Å². The number of furan rings is 2. The first kappa shape index (κ1) is 96.3. The van der Waals surface area contributed by atoms with Crippen molar-refractivity contribution in [1.29, 1.82) is 0 Å². The zero-order valence-corrected chi connectivity index (χ0v) is 81.9. The van der Waals surface area contributed by atoms with Gasteiger partial charge in [0.1, 0.15) is 22.3 Å². The third kappa shape index (κ3) is 16.8. The van der Waals surface area contributed by atoms with E-state index in [2.05, 4.69) is 496 Å². The SMILES string of the molecule is C.C.C.CCC1(CC)c2ccccc2-c2ccc(C)cc21.Cc1cc2c(c3ccccc13)-c1ccccc1C2(C)C.Cc1cc2oc3ccccc3c2c2ccccc12.Cc1ccc(C(c2ccccc2)(c2ccccc2)c2ccccc2)cc1.Cc1ccc2c(c1)C(C)(C)c1ccc3ccccc3c1-2.Cc1ccc2c(c1)C1(CCCC1)c1ccccc1-2.Cc1ccc2c(c1)oc1ccc3ccccc3c12. The molecule has 5 aliphatic carbocycles. The topological polar surface area (TPSA) is 26.3 Å². The predicted octanol–water partition coefficient (Wildman–Crippen LogP) is 39.2. The first-order valence-corrected chi connectivity index (χ1v) is 49.7. The summed E-state index contributed by atoms with van der Waals surface area (Å²) in [5.41, 5.74) is 42.3. The molecule has 2 heterocycles. The Morgan fingerprint density at radius 3 is 1.23 bits per heavy atom. The maximum absolute atomic E-state index is 5.94. The minimum atomic E-state index is -0.336. The second-order valence-corrected chi connectivity index (χ2v) is 40.2. The number of aryl methyl sites for hydroxylation is 7. The van der Waals surface area contributed by atoms with Gasteiger partial charge in [-0.15, -0.1) is 0 Å². The Balaban J connectivity index is 0.000000109. The van der Waals surface area contributed by atoms with Crippen molar-refractivity contribution in [2.75, 3.05) is 0 Å². The molecule has 0 amide bonds. The van der Waals surface area contributed by atoms with Crippen molar-refractivity contribution >= 4 is 87.0 Å². The fourth-order valence-electron chi connectivity index (χ4n) is 24.3. The molecule has 0 unspecified atom stereocenters. The van der Waals surface area contributed by atoms with Gasteiger partial charge in [0.05, 0.1) is 5.41 Å². The van der Waals surface area contributed by atoms with Crippen LogP contribution in [-0.2, 0) is 27.1 Å². The van der Waals surface area contributed by atoms with E-state index >= 15 is 0 Å². The van der Waals surface area contributed by atoms with E-state index in [4.69, 9.17) is 8.83 Å². The average Bonchev–Trinajstić information content (AvgIpc) is 1.61. The highest BCUT2D eigenvalue weighted by Crippen LogP contribution is 2.59. The molecule has 0 saturated heterocycles. The van der Waals surface area contributed by atoms with E-state index in [0.717, 1.165) is 22.3 Å². The molecule has 1 saturated carbocycles. The maximum Gasteiger partial charge on any atom is 0.136 e. The van der Waals surface area contributed by atoms with E-state index < -0.39 is 0 Å². The van der Waals surface area contributed by atoms with Gasteiger partial charge in [0, 0.05) is 43.2 Å². The first-order valence-electron chi connectivity index (χ1n) is 49.7. The van der Waals surface area contributed by atoms with Crippen LogP contribution in [0.25, 0.3) is 131 Å². The van der Waals surface area contributed by atoms with Gasteiger partial charge in [-0.05, 0) is 269 Å². The summed E-state index contributed by atoms with van der Waals surface area (Å²) in [6, 6.07) is 151. The minimum absolute atomic E-state index is 0. The summed E-state index contributed by atoms with van der Waals surface area (Å²) in [5.74, 6) is 0. The summed E-state index contributed by atoms with van der Waals surface area (Å²) in [7, 11) is 0. The highest BCUT2D eigenvalue weighted by atomic mass is 16.3. The molecule has 0 atom stereocenters. The Hall–Kier alpha value is -15.0. The smallest absolute Gasteiger partial charge is 0.136 e. The Kier molecular flexibility index (Phi) is 26.9. The van der Waals surface area contributed by atoms with Crippen LogP contribution in [0.15, 0.2) is 427 Å². The van der Waals surface area contributed by atoms with Gasteiger partial charge in [-0.1, -0.05) is 493 Å². The molecule has 1 spiro atoms. The molecular weight excluding hydrogens is 1700 g/mol. The summed E-state index contributed by atoms with van der Waals surface area (Å²) in [4.78, 5) is 0. The zero-order valence-electron chi connectivity index (χ0n) is 81.9. The standard InChI is InChI=1S/C26H22.2C20H18.C18H18.C18H20.2C17H12O.3CH4/c1-21-17-19-25(20-18-21)26(22-11-5-2-6-12-22,23-13-7-3-8-14-23)24-15-9-4-10-16-24;1-13-12-18-19(15-9-5-4-8-14(13)15)16-10-6-7-11-17(16)20(18,2)3;1-13-8-10-16-18(12-13)20(2,3)17-11-9-14-6-4-5-7-15(14)19(16)17;1-13-8-9-15-14-6-2-3-7-16(14)18(17(15)12-13)10-4-5-11-18;1-4-18(5-2)16-9-7-6-8-14(16)15-11-10-13(3)12-17(15)18;1-11-10-16-17(13-7-3-2-6-12(11)13)14-8-4-5-9-15(14)18-16;1-11-6-8-14-16(10-11)18-15-9-7-12-4-2-3-5-13(12)17(14)15;;;/h2-20H,1H3;2*4-12H,1-3H3;2-3,6-9,12H,4-5,10-11H2,1H3;6-12H,4-5H2,1-3H3;2*2-10H,1H3;3*1H4. The monoisotopic (exact) mass is 1830 g/mol. The quantitative estimate of drug-likeness (QED) is 0.155. The van der Waals surface area contributed by atoms with E-state index in [1.54, 1.807) is 11.1 Å². The van der Waals surface area contributed by atoms with Crippen LogP contribution < -0.4 is 0 Å². The van der Waals surface area contributed by atoms with Crippen molar-refractivity contribution in [2.24, 2.45) is 0 Å². The number of benzene rings is 20. The third-order valence-electron chi connectivity index (χ3n) is 31.2. The van der Waals surface area contributed by atoms with Crippen molar-refractivity contribution < 1.29 is 8.83 Å². The van der Waals surface area contributed by atoms with Crippen molar-refractivity contribution in [1.82, 2.24) is 0 Å². The summed E-state index contributed by atoms with van der Waals surface area (Å²) < 4.78 is 11.9. The third-order valence-corrected chi connectivity index (χ3v) is 31.2. The molecule has 2 heteroatoms. The van der Waals surface area contributed by atoms with Crippen LogP contribution in [0.1, 0.15) is 208 Å². The van der Waals surface area contributed by atoms with Gasteiger partial charge in [0.2, 0.25) is 0 Å². The molecule has 27 rings (SSSR count). The van der Waals surface area contributed by atoms with Crippen molar-refractivity contribution in [3.8, 4) is 44.5 Å². The van der Waals surface area contributed by atoms with Crippen LogP contribution in [0.4, 0.5) is 0 Å². The van der Waals surface area contributed by atoms with E-state index in [-0.39, 0.29) is 43.9 Å². The Morgan fingerprint density at radius 2 is 0.617 bits per heavy atom. The zero-order chi connectivity index (χ0) is 94.8. The molecule has 141 heavy (non-hydrogen) atoms. The molecule has 0 bridgehead atoms. The van der Waals surface area contributed by atoms with Crippen LogP contribution in [0.5, 0.6) is 0 Å². The number of hydrogen-bond donors (Lipinski definition) is 0. The fourth-order valence-corrected chi connectivity index (χ4v) is 24.3. The second kappa shape index (κ2) is 39.4. The summed E-state index contributed by atoms with van der Waals surface area (Å²) in [6.07, 6.45) is 7.78. The molecule has 5 aliphatic rings. The lowest BCUT2D eigenvalue weighted by Crippen LogP contribution is -2.30. The normalized spacial score (nSPS) is 13.7.